The van der Waals surface area contributed by atoms with Gasteiger partial charge in [0, 0.05) is 43.9 Å². The van der Waals surface area contributed by atoms with Crippen molar-refractivity contribution < 1.29 is 23.8 Å². The number of fused-ring (bicyclic) bond motifs is 1. The SMILES string of the molecule is CCCCCc1ccc(NC(=O)[C@@H]2Cc3ccccc3CN2C(=O)c2ccc(OC)c(OCCN3CCOCC3)c2)cc1. The molecule has 0 bridgehead atoms. The Morgan fingerprint density at radius 1 is 0.953 bits per heavy atom. The highest BCUT2D eigenvalue weighted by Crippen LogP contribution is 2.31. The molecule has 0 radical (unpaired) electrons. The highest BCUT2D eigenvalue weighted by atomic mass is 16.5. The number of aryl methyl sites for hydroxylation is 1. The van der Waals surface area contributed by atoms with Crippen molar-refractivity contribution in [2.75, 3.05) is 51.9 Å². The van der Waals surface area contributed by atoms with Crippen LogP contribution >= 0.6 is 0 Å². The minimum Gasteiger partial charge on any atom is -0.493 e. The van der Waals surface area contributed by atoms with Crippen molar-refractivity contribution in [3.8, 4) is 11.5 Å². The first-order valence-corrected chi connectivity index (χ1v) is 15.4. The van der Waals surface area contributed by atoms with Crippen molar-refractivity contribution in [3.63, 3.8) is 0 Å². The zero-order chi connectivity index (χ0) is 30.0. The van der Waals surface area contributed by atoms with E-state index in [0.717, 1.165) is 62.5 Å². The highest BCUT2D eigenvalue weighted by Gasteiger charge is 2.35. The standard InChI is InChI=1S/C35H43N3O5/c1-3-4-5-8-26-11-14-30(15-12-26)36-34(39)31-23-27-9-6-7-10-29(27)25-38(31)35(40)28-13-16-32(41-2)33(24-28)43-22-19-37-17-20-42-21-18-37/h6-7,9-16,24,31H,3-5,8,17-23,25H2,1-2H3,(H,36,39)/t31-/m0/s1. The Labute approximate surface area is 254 Å². The van der Waals surface area contributed by atoms with Crippen LogP contribution in [0.2, 0.25) is 0 Å². The average molecular weight is 586 g/mol. The zero-order valence-corrected chi connectivity index (χ0v) is 25.3. The van der Waals surface area contributed by atoms with Crippen LogP contribution in [0.15, 0.2) is 66.7 Å². The van der Waals surface area contributed by atoms with Gasteiger partial charge in [0.05, 0.1) is 20.3 Å². The quantitative estimate of drug-likeness (QED) is 0.289. The van der Waals surface area contributed by atoms with Gasteiger partial charge >= 0.3 is 0 Å². The van der Waals surface area contributed by atoms with Gasteiger partial charge < -0.3 is 24.4 Å². The average Bonchev–Trinajstić information content (AvgIpc) is 3.05. The molecular formula is C35H43N3O5. The second kappa shape index (κ2) is 15.0. The Kier molecular flexibility index (Phi) is 10.7. The molecule has 1 atom stereocenters. The minimum atomic E-state index is -0.653. The third kappa shape index (κ3) is 7.94. The third-order valence-electron chi connectivity index (χ3n) is 8.28. The number of amides is 2. The smallest absolute Gasteiger partial charge is 0.254 e. The van der Waals surface area contributed by atoms with E-state index in [9.17, 15) is 9.59 Å². The molecule has 43 heavy (non-hydrogen) atoms. The number of morpholine rings is 1. The number of nitrogens with one attached hydrogen (secondary N) is 1. The molecular weight excluding hydrogens is 542 g/mol. The molecule has 0 saturated carbocycles. The van der Waals surface area contributed by atoms with Crippen molar-refractivity contribution in [1.29, 1.82) is 0 Å². The number of anilines is 1. The van der Waals surface area contributed by atoms with E-state index in [1.165, 1.54) is 18.4 Å². The fourth-order valence-electron chi connectivity index (χ4n) is 5.73. The number of ether oxygens (including phenoxy) is 3. The molecule has 3 aromatic rings. The van der Waals surface area contributed by atoms with Crippen LogP contribution in [0.1, 0.15) is 53.2 Å². The Balaban J connectivity index is 1.31. The van der Waals surface area contributed by atoms with Gasteiger partial charge in [-0.15, -0.1) is 0 Å². The van der Waals surface area contributed by atoms with Crippen LogP contribution in [0.5, 0.6) is 11.5 Å². The summed E-state index contributed by atoms with van der Waals surface area (Å²) in [6.45, 7) is 6.98. The van der Waals surface area contributed by atoms with E-state index in [0.29, 0.717) is 36.6 Å². The van der Waals surface area contributed by atoms with Crippen LogP contribution in [-0.4, -0.2) is 74.2 Å². The molecule has 0 unspecified atom stereocenters. The van der Waals surface area contributed by atoms with E-state index < -0.39 is 6.04 Å². The number of unbranched alkanes of at least 4 members (excludes halogenated alkanes) is 2. The van der Waals surface area contributed by atoms with E-state index in [-0.39, 0.29) is 11.8 Å². The van der Waals surface area contributed by atoms with Gasteiger partial charge in [-0.1, -0.05) is 56.2 Å². The molecule has 0 aliphatic carbocycles. The molecule has 3 aromatic carbocycles. The Hall–Kier alpha value is -3.88. The number of hydrogen-bond donors (Lipinski definition) is 1. The number of benzene rings is 3. The minimum absolute atomic E-state index is 0.197. The van der Waals surface area contributed by atoms with Crippen LogP contribution in [0.3, 0.4) is 0 Å². The first kappa shape index (κ1) is 30.6. The lowest BCUT2D eigenvalue weighted by atomic mass is 9.92. The van der Waals surface area contributed by atoms with Crippen LogP contribution in [0, 0.1) is 0 Å². The maximum Gasteiger partial charge on any atom is 0.254 e. The Morgan fingerprint density at radius 3 is 2.47 bits per heavy atom. The number of rotatable bonds is 12. The number of hydrogen-bond acceptors (Lipinski definition) is 6. The number of nitrogens with zero attached hydrogens (tertiary/aromatic N) is 2. The molecule has 5 rings (SSSR count). The third-order valence-corrected chi connectivity index (χ3v) is 8.28. The summed E-state index contributed by atoms with van der Waals surface area (Å²) in [4.78, 5) is 31.7. The van der Waals surface area contributed by atoms with E-state index in [2.05, 4.69) is 29.3 Å². The second-order valence-corrected chi connectivity index (χ2v) is 11.2. The van der Waals surface area contributed by atoms with Crippen molar-refractivity contribution in [2.45, 2.75) is 51.6 Å². The Morgan fingerprint density at radius 2 is 1.72 bits per heavy atom. The first-order valence-electron chi connectivity index (χ1n) is 15.4. The zero-order valence-electron chi connectivity index (χ0n) is 25.3. The van der Waals surface area contributed by atoms with Crippen molar-refractivity contribution >= 4 is 17.5 Å². The molecule has 8 nitrogen and oxygen atoms in total. The lowest BCUT2D eigenvalue weighted by Crippen LogP contribution is -2.50. The summed E-state index contributed by atoms with van der Waals surface area (Å²) in [6, 6.07) is 20.6. The van der Waals surface area contributed by atoms with E-state index in [1.807, 2.05) is 36.4 Å². The van der Waals surface area contributed by atoms with E-state index in [4.69, 9.17) is 14.2 Å². The lowest BCUT2D eigenvalue weighted by molar-refractivity contribution is -0.121. The molecule has 8 heteroatoms. The monoisotopic (exact) mass is 585 g/mol. The van der Waals surface area contributed by atoms with Crippen molar-refractivity contribution in [2.24, 2.45) is 0 Å². The number of methoxy groups -OCH3 is 1. The molecule has 1 fully saturated rings. The van der Waals surface area contributed by atoms with Gasteiger partial charge in [0.2, 0.25) is 5.91 Å². The van der Waals surface area contributed by atoms with Crippen molar-refractivity contribution in [1.82, 2.24) is 9.80 Å². The molecule has 228 valence electrons. The van der Waals surface area contributed by atoms with Crippen molar-refractivity contribution in [3.05, 3.63) is 89.0 Å². The molecule has 1 saturated heterocycles. The predicted molar refractivity (Wildman–Crippen MR) is 168 cm³/mol. The summed E-state index contributed by atoms with van der Waals surface area (Å²) >= 11 is 0. The molecule has 2 amide bonds. The summed E-state index contributed by atoms with van der Waals surface area (Å²) in [5, 5.41) is 3.07. The molecule has 2 aliphatic heterocycles. The van der Waals surface area contributed by atoms with Crippen LogP contribution in [-0.2, 0) is 28.9 Å². The van der Waals surface area contributed by atoms with Gasteiger partial charge in [-0.05, 0) is 59.9 Å². The van der Waals surface area contributed by atoms with Gasteiger partial charge in [0.1, 0.15) is 12.6 Å². The van der Waals surface area contributed by atoms with Gasteiger partial charge in [-0.2, -0.15) is 0 Å². The molecule has 0 spiro atoms. The molecule has 0 aromatic heterocycles. The fraction of sp³-hybridized carbons (Fsp3) is 0.429. The van der Waals surface area contributed by atoms with E-state index in [1.54, 1.807) is 30.2 Å². The number of carbonyl (C=O) groups excluding carboxylic acids is 2. The van der Waals surface area contributed by atoms with Gasteiger partial charge in [0.15, 0.2) is 11.5 Å². The molecule has 2 aliphatic rings. The largest absolute Gasteiger partial charge is 0.493 e. The van der Waals surface area contributed by atoms with E-state index >= 15 is 0 Å². The summed E-state index contributed by atoms with van der Waals surface area (Å²) in [5.74, 6) is 0.660. The second-order valence-electron chi connectivity index (χ2n) is 11.2. The maximum atomic E-state index is 14.0. The maximum absolute atomic E-state index is 14.0. The van der Waals surface area contributed by atoms with Gasteiger partial charge in [-0.3, -0.25) is 14.5 Å². The fourth-order valence-corrected chi connectivity index (χ4v) is 5.73. The van der Waals surface area contributed by atoms with Crippen LogP contribution in [0.4, 0.5) is 5.69 Å². The van der Waals surface area contributed by atoms with Crippen LogP contribution in [0.25, 0.3) is 0 Å². The topological polar surface area (TPSA) is 80.3 Å². The molecule has 2 heterocycles. The van der Waals surface area contributed by atoms with Gasteiger partial charge in [-0.25, -0.2) is 0 Å². The highest BCUT2D eigenvalue weighted by molar-refractivity contribution is 6.02. The summed E-state index contributed by atoms with van der Waals surface area (Å²) in [6.07, 6.45) is 5.04. The predicted octanol–water partition coefficient (Wildman–Crippen LogP) is 5.34. The van der Waals surface area contributed by atoms with Gasteiger partial charge in [0.25, 0.3) is 5.91 Å². The molecule has 1 N–H and O–H groups in total. The lowest BCUT2D eigenvalue weighted by Gasteiger charge is -2.36. The summed E-state index contributed by atoms with van der Waals surface area (Å²) < 4.78 is 17.1. The summed E-state index contributed by atoms with van der Waals surface area (Å²) in [7, 11) is 1.59. The number of carbonyl (C=O) groups is 2. The Bertz CT molecular complexity index is 1370. The first-order chi connectivity index (χ1) is 21.1. The summed E-state index contributed by atoms with van der Waals surface area (Å²) in [5.41, 5.74) is 4.58. The van der Waals surface area contributed by atoms with Crippen LogP contribution < -0.4 is 14.8 Å². The normalized spacial score (nSPS) is 16.8.